The third-order valence-corrected chi connectivity index (χ3v) is 4.56. The van der Waals surface area contributed by atoms with Crippen LogP contribution in [0.2, 0.25) is 0 Å². The fraction of sp³-hybridized carbons (Fsp3) is 0.632. The first-order chi connectivity index (χ1) is 11.0. The maximum Gasteiger partial charge on any atom is 0.237 e. The van der Waals surface area contributed by atoms with Crippen molar-refractivity contribution >= 4 is 18.3 Å². The zero-order valence-electron chi connectivity index (χ0n) is 15.4. The Morgan fingerprint density at radius 1 is 1.29 bits per heavy atom. The van der Waals surface area contributed by atoms with Gasteiger partial charge in [-0.1, -0.05) is 17.7 Å². The number of likely N-dealkylation sites (N-methyl/N-ethyl adjacent to an activating group) is 1. The molecule has 1 aromatic rings. The summed E-state index contributed by atoms with van der Waals surface area (Å²) < 4.78 is 5.95. The average Bonchev–Trinajstić information content (AvgIpc) is 3.00. The van der Waals surface area contributed by atoms with E-state index in [0.29, 0.717) is 13.2 Å². The van der Waals surface area contributed by atoms with Crippen LogP contribution in [0.25, 0.3) is 0 Å². The SMILES string of the molecule is CCN(C(=O)CN1CCCC1)C(C)COc1ccc(C)cc1C.Cl. The molecule has 4 nitrogen and oxygen atoms in total. The lowest BCUT2D eigenvalue weighted by Crippen LogP contribution is -2.46. The Morgan fingerprint density at radius 3 is 2.54 bits per heavy atom. The van der Waals surface area contributed by atoms with Gasteiger partial charge in [-0.05, 0) is 65.3 Å². The van der Waals surface area contributed by atoms with Crippen molar-refractivity contribution in [3.63, 3.8) is 0 Å². The predicted octanol–water partition coefficient (Wildman–Crippen LogP) is 3.44. The van der Waals surface area contributed by atoms with Crippen LogP contribution < -0.4 is 4.74 Å². The quantitative estimate of drug-likeness (QED) is 0.752. The molecule has 1 aromatic carbocycles. The van der Waals surface area contributed by atoms with Crippen molar-refractivity contribution in [2.24, 2.45) is 0 Å². The lowest BCUT2D eigenvalue weighted by molar-refractivity contribution is -0.134. The van der Waals surface area contributed by atoms with E-state index in [1.54, 1.807) is 0 Å². The number of likely N-dealkylation sites (tertiary alicyclic amines) is 1. The first kappa shape index (κ1) is 20.8. The molecular formula is C19H31ClN2O2. The van der Waals surface area contributed by atoms with Crippen LogP contribution in [0, 0.1) is 13.8 Å². The van der Waals surface area contributed by atoms with Crippen LogP contribution in [0.15, 0.2) is 18.2 Å². The molecule has 1 aliphatic rings. The summed E-state index contributed by atoms with van der Waals surface area (Å²) in [7, 11) is 0. The Balaban J connectivity index is 0.00000288. The van der Waals surface area contributed by atoms with Gasteiger partial charge in [0.25, 0.3) is 0 Å². The van der Waals surface area contributed by atoms with Crippen molar-refractivity contribution in [1.82, 2.24) is 9.80 Å². The smallest absolute Gasteiger partial charge is 0.237 e. The number of hydrogen-bond donors (Lipinski definition) is 0. The van der Waals surface area contributed by atoms with Crippen LogP contribution in [0.3, 0.4) is 0 Å². The summed E-state index contributed by atoms with van der Waals surface area (Å²) in [6.45, 7) is 12.1. The summed E-state index contributed by atoms with van der Waals surface area (Å²) in [6, 6.07) is 6.27. The van der Waals surface area contributed by atoms with E-state index in [0.717, 1.165) is 30.9 Å². The number of amides is 1. The van der Waals surface area contributed by atoms with Crippen LogP contribution >= 0.6 is 12.4 Å². The van der Waals surface area contributed by atoms with Crippen molar-refractivity contribution in [2.75, 3.05) is 32.8 Å². The van der Waals surface area contributed by atoms with E-state index >= 15 is 0 Å². The van der Waals surface area contributed by atoms with Gasteiger partial charge in [-0.2, -0.15) is 0 Å². The maximum atomic E-state index is 12.5. The lowest BCUT2D eigenvalue weighted by atomic mass is 10.1. The molecule has 0 aromatic heterocycles. The minimum absolute atomic E-state index is 0. The van der Waals surface area contributed by atoms with Gasteiger partial charge < -0.3 is 9.64 Å². The molecule has 0 N–H and O–H groups in total. The number of carbonyl (C=O) groups is 1. The summed E-state index contributed by atoms with van der Waals surface area (Å²) in [5.74, 6) is 1.12. The molecule has 1 heterocycles. The number of halogens is 1. The van der Waals surface area contributed by atoms with Gasteiger partial charge in [-0.15, -0.1) is 12.4 Å². The highest BCUT2D eigenvalue weighted by Crippen LogP contribution is 2.19. The molecule has 0 saturated carbocycles. The molecule has 0 spiro atoms. The van der Waals surface area contributed by atoms with Crippen molar-refractivity contribution in [3.8, 4) is 5.75 Å². The second-order valence-corrected chi connectivity index (χ2v) is 6.59. The molecule has 0 aliphatic carbocycles. The van der Waals surface area contributed by atoms with Gasteiger partial charge in [0.05, 0.1) is 12.6 Å². The molecule has 1 saturated heterocycles. The Hall–Kier alpha value is -1.26. The second-order valence-electron chi connectivity index (χ2n) is 6.59. The maximum absolute atomic E-state index is 12.5. The Morgan fingerprint density at radius 2 is 1.96 bits per heavy atom. The number of aryl methyl sites for hydroxylation is 2. The van der Waals surface area contributed by atoms with Crippen molar-refractivity contribution in [3.05, 3.63) is 29.3 Å². The Kier molecular flexibility index (Phi) is 8.57. The normalized spacial score (nSPS) is 15.7. The zero-order valence-corrected chi connectivity index (χ0v) is 16.2. The highest BCUT2D eigenvalue weighted by atomic mass is 35.5. The van der Waals surface area contributed by atoms with Gasteiger partial charge in [-0.25, -0.2) is 0 Å². The molecule has 2 rings (SSSR count). The molecule has 136 valence electrons. The minimum atomic E-state index is 0. The third kappa shape index (κ3) is 5.67. The van der Waals surface area contributed by atoms with Gasteiger partial charge in [0.15, 0.2) is 0 Å². The lowest BCUT2D eigenvalue weighted by Gasteiger charge is -2.30. The number of nitrogens with zero attached hydrogens (tertiary/aromatic N) is 2. The topological polar surface area (TPSA) is 32.8 Å². The van der Waals surface area contributed by atoms with E-state index < -0.39 is 0 Å². The fourth-order valence-corrected chi connectivity index (χ4v) is 3.22. The van der Waals surface area contributed by atoms with Gasteiger partial charge in [0.2, 0.25) is 5.91 Å². The van der Waals surface area contributed by atoms with Crippen LogP contribution in [0.4, 0.5) is 0 Å². The molecule has 24 heavy (non-hydrogen) atoms. The van der Waals surface area contributed by atoms with Crippen LogP contribution in [0.1, 0.15) is 37.8 Å². The Bertz CT molecular complexity index is 530. The molecular weight excluding hydrogens is 324 g/mol. The molecule has 5 heteroatoms. The highest BCUT2D eigenvalue weighted by molar-refractivity contribution is 5.85. The molecule has 0 bridgehead atoms. The zero-order chi connectivity index (χ0) is 16.8. The number of ether oxygens (including phenoxy) is 1. The van der Waals surface area contributed by atoms with Gasteiger partial charge in [0.1, 0.15) is 12.4 Å². The van der Waals surface area contributed by atoms with Crippen LogP contribution in [-0.4, -0.2) is 54.5 Å². The molecule has 0 radical (unpaired) electrons. The van der Waals surface area contributed by atoms with E-state index in [-0.39, 0.29) is 24.4 Å². The minimum Gasteiger partial charge on any atom is -0.491 e. The van der Waals surface area contributed by atoms with E-state index in [4.69, 9.17) is 4.74 Å². The van der Waals surface area contributed by atoms with E-state index in [9.17, 15) is 4.79 Å². The van der Waals surface area contributed by atoms with Gasteiger partial charge in [-0.3, -0.25) is 9.69 Å². The van der Waals surface area contributed by atoms with Crippen LogP contribution in [-0.2, 0) is 4.79 Å². The predicted molar refractivity (Wildman–Crippen MR) is 101 cm³/mol. The molecule has 1 aliphatic heterocycles. The number of hydrogen-bond acceptors (Lipinski definition) is 3. The van der Waals surface area contributed by atoms with E-state index in [1.165, 1.54) is 18.4 Å². The summed E-state index contributed by atoms with van der Waals surface area (Å²) in [6.07, 6.45) is 2.43. The summed E-state index contributed by atoms with van der Waals surface area (Å²) >= 11 is 0. The van der Waals surface area contributed by atoms with Crippen molar-refractivity contribution in [2.45, 2.75) is 46.6 Å². The van der Waals surface area contributed by atoms with Gasteiger partial charge >= 0.3 is 0 Å². The monoisotopic (exact) mass is 354 g/mol. The van der Waals surface area contributed by atoms with E-state index in [2.05, 4.69) is 37.8 Å². The highest BCUT2D eigenvalue weighted by Gasteiger charge is 2.23. The Labute approximate surface area is 152 Å². The van der Waals surface area contributed by atoms with Crippen LogP contribution in [0.5, 0.6) is 5.75 Å². The number of benzene rings is 1. The largest absolute Gasteiger partial charge is 0.491 e. The summed E-state index contributed by atoms with van der Waals surface area (Å²) in [5.41, 5.74) is 2.38. The van der Waals surface area contributed by atoms with Crippen molar-refractivity contribution in [1.29, 1.82) is 0 Å². The molecule has 1 fully saturated rings. The summed E-state index contributed by atoms with van der Waals surface area (Å²) in [4.78, 5) is 16.7. The average molecular weight is 355 g/mol. The van der Waals surface area contributed by atoms with Crippen molar-refractivity contribution < 1.29 is 9.53 Å². The third-order valence-electron chi connectivity index (χ3n) is 4.56. The van der Waals surface area contributed by atoms with Gasteiger partial charge in [0, 0.05) is 6.54 Å². The first-order valence-corrected chi connectivity index (χ1v) is 8.73. The standard InChI is InChI=1S/C19H30N2O2.ClH/c1-5-21(19(22)13-20-10-6-7-11-20)17(4)14-23-18-9-8-15(2)12-16(18)3;/h8-9,12,17H,5-7,10-11,13-14H2,1-4H3;1H. The molecule has 1 atom stereocenters. The first-order valence-electron chi connectivity index (χ1n) is 8.73. The molecule has 1 unspecified atom stereocenters. The number of carbonyl (C=O) groups excluding carboxylic acids is 1. The molecule has 1 amide bonds. The fourth-order valence-electron chi connectivity index (χ4n) is 3.22. The summed E-state index contributed by atoms with van der Waals surface area (Å²) in [5, 5.41) is 0. The number of rotatable bonds is 7. The second kappa shape index (κ2) is 9.90. The van der Waals surface area contributed by atoms with E-state index in [1.807, 2.05) is 17.9 Å².